The Kier molecular flexibility index (Phi) is 5.20. The predicted octanol–water partition coefficient (Wildman–Crippen LogP) is 3.25. The average Bonchev–Trinajstić information content (AvgIpc) is 2.78. The highest BCUT2D eigenvalue weighted by atomic mass is 79.9. The van der Waals surface area contributed by atoms with Crippen molar-refractivity contribution in [2.45, 2.75) is 20.4 Å². The molecule has 1 heterocycles. The van der Waals surface area contributed by atoms with Crippen molar-refractivity contribution in [3.63, 3.8) is 0 Å². The van der Waals surface area contributed by atoms with E-state index in [0.717, 1.165) is 0 Å². The van der Waals surface area contributed by atoms with Gasteiger partial charge in [0.15, 0.2) is 0 Å². The van der Waals surface area contributed by atoms with Gasteiger partial charge in [0.25, 0.3) is 5.91 Å². The molecule has 0 spiro atoms. The van der Waals surface area contributed by atoms with Gasteiger partial charge in [-0.05, 0) is 43.2 Å². The molecule has 1 amide bonds. The van der Waals surface area contributed by atoms with Crippen LogP contribution >= 0.6 is 15.9 Å². The summed E-state index contributed by atoms with van der Waals surface area (Å²) in [5.41, 5.74) is 2.35. The first-order chi connectivity index (χ1) is 10.8. The second-order valence-electron chi connectivity index (χ2n) is 5.08. The SMILES string of the molecule is COC(=O)c1c(C)[nH]c(C(=O)NCc2cc(F)cc(Br)c2)c1C. The van der Waals surface area contributed by atoms with Gasteiger partial charge in [-0.15, -0.1) is 0 Å². The molecule has 2 aromatic rings. The van der Waals surface area contributed by atoms with Crippen LogP contribution in [0.4, 0.5) is 4.39 Å². The number of aromatic amines is 1. The van der Waals surface area contributed by atoms with Gasteiger partial charge in [0.05, 0.1) is 12.7 Å². The summed E-state index contributed by atoms with van der Waals surface area (Å²) in [6.45, 7) is 3.53. The van der Waals surface area contributed by atoms with Crippen LogP contribution in [0.2, 0.25) is 0 Å². The van der Waals surface area contributed by atoms with E-state index in [0.29, 0.717) is 32.6 Å². The molecule has 0 atom stereocenters. The monoisotopic (exact) mass is 382 g/mol. The van der Waals surface area contributed by atoms with Crippen LogP contribution < -0.4 is 5.32 Å². The molecule has 0 fully saturated rings. The molecule has 0 aliphatic rings. The summed E-state index contributed by atoms with van der Waals surface area (Å²) in [6, 6.07) is 4.40. The molecule has 0 radical (unpaired) electrons. The van der Waals surface area contributed by atoms with E-state index in [9.17, 15) is 14.0 Å². The molecule has 2 rings (SSSR count). The van der Waals surface area contributed by atoms with Crippen LogP contribution in [0.15, 0.2) is 22.7 Å². The summed E-state index contributed by atoms with van der Waals surface area (Å²) in [7, 11) is 1.29. The summed E-state index contributed by atoms with van der Waals surface area (Å²) >= 11 is 3.20. The first kappa shape index (κ1) is 17.2. The first-order valence-corrected chi connectivity index (χ1v) is 7.63. The normalized spacial score (nSPS) is 10.5. The number of nitrogens with one attached hydrogen (secondary N) is 2. The van der Waals surface area contributed by atoms with Crippen molar-refractivity contribution >= 4 is 27.8 Å². The quantitative estimate of drug-likeness (QED) is 0.797. The summed E-state index contributed by atoms with van der Waals surface area (Å²) in [5.74, 6) is -1.26. The van der Waals surface area contributed by atoms with E-state index in [1.807, 2.05) is 0 Å². The minimum absolute atomic E-state index is 0.167. The second kappa shape index (κ2) is 6.95. The molecule has 1 aromatic carbocycles. The van der Waals surface area contributed by atoms with Crippen LogP contribution in [0.5, 0.6) is 0 Å². The van der Waals surface area contributed by atoms with Crippen LogP contribution in [-0.2, 0) is 11.3 Å². The number of hydrogen-bond donors (Lipinski definition) is 2. The van der Waals surface area contributed by atoms with Gasteiger partial charge < -0.3 is 15.0 Å². The summed E-state index contributed by atoms with van der Waals surface area (Å²) in [4.78, 5) is 26.9. The standard InChI is InChI=1S/C16H16BrFN2O3/c1-8-13(16(22)23-3)9(2)20-14(8)15(21)19-7-10-4-11(17)6-12(18)5-10/h4-6,20H,7H2,1-3H3,(H,19,21). The lowest BCUT2D eigenvalue weighted by Gasteiger charge is -2.06. The number of carbonyl (C=O) groups excluding carboxylic acids is 2. The van der Waals surface area contributed by atoms with Gasteiger partial charge in [-0.3, -0.25) is 4.79 Å². The number of rotatable bonds is 4. The number of aryl methyl sites for hydroxylation is 1. The molecule has 0 unspecified atom stereocenters. The molecule has 0 aliphatic carbocycles. The second-order valence-corrected chi connectivity index (χ2v) is 5.99. The zero-order valence-electron chi connectivity index (χ0n) is 12.9. The van der Waals surface area contributed by atoms with Gasteiger partial charge in [-0.1, -0.05) is 15.9 Å². The summed E-state index contributed by atoms with van der Waals surface area (Å²) in [5, 5.41) is 2.70. The molecule has 1 aromatic heterocycles. The fourth-order valence-electron chi connectivity index (χ4n) is 2.37. The van der Waals surface area contributed by atoms with Gasteiger partial charge in [-0.2, -0.15) is 0 Å². The van der Waals surface area contributed by atoms with E-state index >= 15 is 0 Å². The maximum atomic E-state index is 13.3. The van der Waals surface area contributed by atoms with Crippen molar-refractivity contribution < 1.29 is 18.7 Å². The molecular formula is C16H16BrFN2O3. The molecule has 0 bridgehead atoms. The number of ether oxygens (including phenoxy) is 1. The minimum atomic E-state index is -0.496. The number of H-pyrrole nitrogens is 1. The Balaban J connectivity index is 2.17. The number of esters is 1. The van der Waals surface area contributed by atoms with Crippen molar-refractivity contribution in [1.29, 1.82) is 0 Å². The molecule has 0 saturated heterocycles. The zero-order chi connectivity index (χ0) is 17.1. The number of hydrogen-bond acceptors (Lipinski definition) is 3. The van der Waals surface area contributed by atoms with Crippen LogP contribution in [-0.4, -0.2) is 24.0 Å². The highest BCUT2D eigenvalue weighted by Crippen LogP contribution is 2.19. The Hall–Kier alpha value is -2.15. The van der Waals surface area contributed by atoms with Crippen LogP contribution in [0.1, 0.15) is 37.7 Å². The predicted molar refractivity (Wildman–Crippen MR) is 86.9 cm³/mol. The number of benzene rings is 1. The third-order valence-electron chi connectivity index (χ3n) is 3.43. The topological polar surface area (TPSA) is 71.2 Å². The Morgan fingerprint density at radius 1 is 1.30 bits per heavy atom. The van der Waals surface area contributed by atoms with Gasteiger partial charge in [0.1, 0.15) is 11.5 Å². The Morgan fingerprint density at radius 2 is 2.00 bits per heavy atom. The molecular weight excluding hydrogens is 367 g/mol. The number of halogens is 2. The van der Waals surface area contributed by atoms with Gasteiger partial charge >= 0.3 is 5.97 Å². The third-order valence-corrected chi connectivity index (χ3v) is 3.89. The van der Waals surface area contributed by atoms with Crippen molar-refractivity contribution in [3.05, 3.63) is 56.6 Å². The van der Waals surface area contributed by atoms with E-state index < -0.39 is 5.97 Å². The van der Waals surface area contributed by atoms with Gasteiger partial charge in [0, 0.05) is 16.7 Å². The molecule has 0 aliphatic heterocycles. The van der Waals surface area contributed by atoms with Crippen LogP contribution in [0.25, 0.3) is 0 Å². The van der Waals surface area contributed by atoms with E-state index in [2.05, 4.69) is 26.2 Å². The lowest BCUT2D eigenvalue weighted by Crippen LogP contribution is -2.24. The largest absolute Gasteiger partial charge is 0.465 e. The number of methoxy groups -OCH3 is 1. The summed E-state index contributed by atoms with van der Waals surface area (Å²) in [6.07, 6.45) is 0. The molecule has 7 heteroatoms. The van der Waals surface area contributed by atoms with Crippen molar-refractivity contribution in [1.82, 2.24) is 10.3 Å². The maximum Gasteiger partial charge on any atom is 0.339 e. The molecule has 0 saturated carbocycles. The number of aromatic nitrogens is 1. The smallest absolute Gasteiger partial charge is 0.339 e. The lowest BCUT2D eigenvalue weighted by atomic mass is 10.1. The number of carbonyl (C=O) groups is 2. The van der Waals surface area contributed by atoms with Gasteiger partial charge in [-0.25, -0.2) is 9.18 Å². The molecule has 122 valence electrons. The first-order valence-electron chi connectivity index (χ1n) is 6.84. The van der Waals surface area contributed by atoms with Crippen LogP contribution in [0.3, 0.4) is 0 Å². The van der Waals surface area contributed by atoms with Crippen LogP contribution in [0, 0.1) is 19.7 Å². The van der Waals surface area contributed by atoms with E-state index in [4.69, 9.17) is 4.74 Å². The Morgan fingerprint density at radius 3 is 2.61 bits per heavy atom. The average molecular weight is 383 g/mol. The number of amides is 1. The fourth-order valence-corrected chi connectivity index (χ4v) is 2.88. The Bertz CT molecular complexity index is 751. The molecule has 23 heavy (non-hydrogen) atoms. The summed E-state index contributed by atoms with van der Waals surface area (Å²) < 4.78 is 18.6. The third kappa shape index (κ3) is 3.79. The molecule has 2 N–H and O–H groups in total. The fraction of sp³-hybridized carbons (Fsp3) is 0.250. The van der Waals surface area contributed by atoms with Crippen molar-refractivity contribution in [2.75, 3.05) is 7.11 Å². The molecule has 5 nitrogen and oxygen atoms in total. The van der Waals surface area contributed by atoms with E-state index in [-0.39, 0.29) is 18.3 Å². The van der Waals surface area contributed by atoms with E-state index in [1.54, 1.807) is 19.9 Å². The van der Waals surface area contributed by atoms with Crippen molar-refractivity contribution in [3.8, 4) is 0 Å². The maximum absolute atomic E-state index is 13.3. The van der Waals surface area contributed by atoms with Gasteiger partial charge in [0.2, 0.25) is 0 Å². The highest BCUT2D eigenvalue weighted by Gasteiger charge is 2.22. The Labute approximate surface area is 141 Å². The highest BCUT2D eigenvalue weighted by molar-refractivity contribution is 9.10. The van der Waals surface area contributed by atoms with E-state index in [1.165, 1.54) is 19.2 Å². The lowest BCUT2D eigenvalue weighted by molar-refractivity contribution is 0.0599. The van der Waals surface area contributed by atoms with Crippen molar-refractivity contribution in [2.24, 2.45) is 0 Å². The zero-order valence-corrected chi connectivity index (χ0v) is 14.5. The minimum Gasteiger partial charge on any atom is -0.465 e.